The molecule has 18 heavy (non-hydrogen) atoms. The van der Waals surface area contributed by atoms with Crippen LogP contribution >= 0.6 is 27.5 Å². The van der Waals surface area contributed by atoms with Crippen molar-refractivity contribution >= 4 is 27.5 Å². The summed E-state index contributed by atoms with van der Waals surface area (Å²) in [5, 5.41) is 0.791. The molecule has 0 bridgehead atoms. The molecule has 0 aliphatic heterocycles. The molecule has 0 amide bonds. The Balaban J connectivity index is 2.26. The first-order chi connectivity index (χ1) is 8.45. The Morgan fingerprint density at radius 2 is 2.17 bits per heavy atom. The highest BCUT2D eigenvalue weighted by Crippen LogP contribution is 2.52. The molecule has 0 saturated heterocycles. The maximum Gasteiger partial charge on any atom is 0.120 e. The Labute approximate surface area is 123 Å². The van der Waals surface area contributed by atoms with Crippen molar-refractivity contribution in [1.82, 2.24) is 0 Å². The summed E-state index contributed by atoms with van der Waals surface area (Å²) in [7, 11) is 1.66. The quantitative estimate of drug-likeness (QED) is 0.654. The molecule has 0 aromatic heterocycles. The van der Waals surface area contributed by atoms with Crippen LogP contribution in [0.25, 0.3) is 0 Å². The van der Waals surface area contributed by atoms with Crippen molar-refractivity contribution in [2.45, 2.75) is 37.9 Å². The van der Waals surface area contributed by atoms with Gasteiger partial charge in [-0.25, -0.2) is 0 Å². The van der Waals surface area contributed by atoms with Gasteiger partial charge in [0.2, 0.25) is 0 Å². The van der Waals surface area contributed by atoms with E-state index in [4.69, 9.17) is 16.3 Å². The van der Waals surface area contributed by atoms with Crippen molar-refractivity contribution in [2.24, 2.45) is 11.3 Å². The van der Waals surface area contributed by atoms with E-state index in [1.54, 1.807) is 7.11 Å². The van der Waals surface area contributed by atoms with E-state index in [1.165, 1.54) is 24.8 Å². The zero-order valence-electron chi connectivity index (χ0n) is 11.2. The lowest BCUT2D eigenvalue weighted by atomic mass is 9.78. The molecule has 2 rings (SSSR count). The van der Waals surface area contributed by atoms with Crippen LogP contribution in [0.5, 0.6) is 5.75 Å². The lowest BCUT2D eigenvalue weighted by Gasteiger charge is -2.31. The van der Waals surface area contributed by atoms with Crippen LogP contribution in [-0.4, -0.2) is 7.11 Å². The average Bonchev–Trinajstić information content (AvgIpc) is 2.68. The summed E-state index contributed by atoms with van der Waals surface area (Å²) in [5.74, 6) is 1.46. The van der Waals surface area contributed by atoms with Gasteiger partial charge >= 0.3 is 0 Å². The van der Waals surface area contributed by atoms with Crippen molar-refractivity contribution in [2.75, 3.05) is 7.11 Å². The fourth-order valence-corrected chi connectivity index (χ4v) is 4.77. The van der Waals surface area contributed by atoms with Gasteiger partial charge in [-0.1, -0.05) is 53.9 Å². The molecule has 1 aromatic rings. The van der Waals surface area contributed by atoms with Crippen molar-refractivity contribution < 1.29 is 4.74 Å². The molecular formula is C15H20BrClO. The second kappa shape index (κ2) is 5.42. The molecule has 2 unspecified atom stereocenters. The maximum absolute atomic E-state index is 6.36. The van der Waals surface area contributed by atoms with E-state index in [-0.39, 0.29) is 0 Å². The van der Waals surface area contributed by atoms with Gasteiger partial charge in [0.25, 0.3) is 0 Å². The number of benzene rings is 1. The van der Waals surface area contributed by atoms with E-state index < -0.39 is 0 Å². The third-order valence-electron chi connectivity index (χ3n) is 4.20. The smallest absolute Gasteiger partial charge is 0.120 e. The molecule has 0 N–H and O–H groups in total. The predicted octanol–water partition coefficient (Wildman–Crippen LogP) is 5.61. The third kappa shape index (κ3) is 2.70. The van der Waals surface area contributed by atoms with E-state index in [9.17, 15) is 0 Å². The number of methoxy groups -OCH3 is 1. The van der Waals surface area contributed by atoms with Crippen LogP contribution in [-0.2, 0) is 0 Å². The topological polar surface area (TPSA) is 9.23 Å². The SMILES string of the molecule is COc1ccc(C(Br)C2CCCC2(C)C)c(Cl)c1. The molecule has 2 atom stereocenters. The van der Waals surface area contributed by atoms with Crippen LogP contribution in [0.1, 0.15) is 43.5 Å². The van der Waals surface area contributed by atoms with Crippen LogP contribution in [0.3, 0.4) is 0 Å². The molecule has 1 aliphatic carbocycles. The van der Waals surface area contributed by atoms with Gasteiger partial charge in [-0.3, -0.25) is 0 Å². The third-order valence-corrected chi connectivity index (χ3v) is 5.66. The first-order valence-electron chi connectivity index (χ1n) is 6.43. The Bertz CT molecular complexity index is 431. The van der Waals surface area contributed by atoms with Crippen LogP contribution < -0.4 is 4.74 Å². The predicted molar refractivity (Wildman–Crippen MR) is 80.8 cm³/mol. The summed E-state index contributed by atoms with van der Waals surface area (Å²) in [6, 6.07) is 5.96. The van der Waals surface area contributed by atoms with E-state index in [2.05, 4.69) is 35.8 Å². The summed E-state index contributed by atoms with van der Waals surface area (Å²) in [4.78, 5) is 0.327. The van der Waals surface area contributed by atoms with Gasteiger partial charge < -0.3 is 4.74 Å². The van der Waals surface area contributed by atoms with Gasteiger partial charge in [0.15, 0.2) is 0 Å². The van der Waals surface area contributed by atoms with E-state index >= 15 is 0 Å². The summed E-state index contributed by atoms with van der Waals surface area (Å²) in [6.45, 7) is 4.71. The van der Waals surface area contributed by atoms with E-state index in [1.807, 2.05) is 12.1 Å². The van der Waals surface area contributed by atoms with Gasteiger partial charge in [0.05, 0.1) is 7.11 Å². The molecule has 1 nitrogen and oxygen atoms in total. The van der Waals surface area contributed by atoms with Gasteiger partial charge in [-0.15, -0.1) is 0 Å². The van der Waals surface area contributed by atoms with E-state index in [0.29, 0.717) is 16.2 Å². The zero-order chi connectivity index (χ0) is 13.3. The Morgan fingerprint density at radius 3 is 2.67 bits per heavy atom. The largest absolute Gasteiger partial charge is 0.497 e. The Hall–Kier alpha value is -0.210. The lowest BCUT2D eigenvalue weighted by Crippen LogP contribution is -2.21. The molecule has 100 valence electrons. The van der Waals surface area contributed by atoms with Gasteiger partial charge in [-0.05, 0) is 41.9 Å². The first kappa shape index (κ1) is 14.2. The number of ether oxygens (including phenoxy) is 1. The number of halogens is 2. The highest BCUT2D eigenvalue weighted by atomic mass is 79.9. The zero-order valence-corrected chi connectivity index (χ0v) is 13.5. The highest BCUT2D eigenvalue weighted by molar-refractivity contribution is 9.09. The summed E-state index contributed by atoms with van der Waals surface area (Å²) in [6.07, 6.45) is 3.88. The van der Waals surface area contributed by atoms with Crippen molar-refractivity contribution in [3.63, 3.8) is 0 Å². The van der Waals surface area contributed by atoms with Crippen molar-refractivity contribution in [3.05, 3.63) is 28.8 Å². The van der Waals surface area contributed by atoms with Crippen LogP contribution in [0.15, 0.2) is 18.2 Å². The minimum absolute atomic E-state index is 0.327. The molecule has 1 saturated carbocycles. The highest BCUT2D eigenvalue weighted by Gasteiger charge is 2.39. The molecule has 3 heteroatoms. The van der Waals surface area contributed by atoms with Gasteiger partial charge in [0.1, 0.15) is 5.75 Å². The van der Waals surface area contributed by atoms with Gasteiger partial charge in [-0.2, -0.15) is 0 Å². The maximum atomic E-state index is 6.36. The van der Waals surface area contributed by atoms with E-state index in [0.717, 1.165) is 10.8 Å². The average molecular weight is 332 g/mol. The minimum Gasteiger partial charge on any atom is -0.497 e. The molecule has 1 aliphatic rings. The molecule has 1 fully saturated rings. The van der Waals surface area contributed by atoms with Crippen LogP contribution in [0.4, 0.5) is 0 Å². The molecule has 0 radical (unpaired) electrons. The van der Waals surface area contributed by atoms with Gasteiger partial charge in [0, 0.05) is 9.85 Å². The summed E-state index contributed by atoms with van der Waals surface area (Å²) < 4.78 is 5.20. The molecule has 1 aromatic carbocycles. The lowest BCUT2D eigenvalue weighted by molar-refractivity contribution is 0.257. The van der Waals surface area contributed by atoms with Crippen molar-refractivity contribution in [3.8, 4) is 5.75 Å². The summed E-state index contributed by atoms with van der Waals surface area (Å²) >= 11 is 10.2. The number of rotatable bonds is 3. The second-order valence-electron chi connectivity index (χ2n) is 5.78. The standard InChI is InChI=1S/C15H20BrClO/c1-15(2)8-4-5-12(15)14(16)11-7-6-10(18-3)9-13(11)17/h6-7,9,12,14H,4-5,8H2,1-3H3. The normalized spacial score (nSPS) is 23.9. The Morgan fingerprint density at radius 1 is 1.44 bits per heavy atom. The number of alkyl halides is 1. The first-order valence-corrected chi connectivity index (χ1v) is 7.72. The molecule has 0 spiro atoms. The molecular weight excluding hydrogens is 312 g/mol. The number of hydrogen-bond acceptors (Lipinski definition) is 1. The Kier molecular flexibility index (Phi) is 4.28. The van der Waals surface area contributed by atoms with Crippen molar-refractivity contribution in [1.29, 1.82) is 0 Å². The van der Waals surface area contributed by atoms with Crippen LogP contribution in [0, 0.1) is 11.3 Å². The second-order valence-corrected chi connectivity index (χ2v) is 7.17. The van der Waals surface area contributed by atoms with Crippen LogP contribution in [0.2, 0.25) is 5.02 Å². The summed E-state index contributed by atoms with van der Waals surface area (Å²) in [5.41, 5.74) is 1.56. The fourth-order valence-electron chi connectivity index (χ4n) is 2.97. The fraction of sp³-hybridized carbons (Fsp3) is 0.600. The molecule has 0 heterocycles. The monoisotopic (exact) mass is 330 g/mol. The minimum atomic E-state index is 0.327. The number of hydrogen-bond donors (Lipinski definition) is 0.